The van der Waals surface area contributed by atoms with Crippen molar-refractivity contribution in [3.8, 4) is 0 Å². The molecule has 0 saturated carbocycles. The number of carboxylic acid groups (broad SMARTS) is 1. The average Bonchev–Trinajstić information content (AvgIpc) is 2.39. The predicted molar refractivity (Wildman–Crippen MR) is 81.6 cm³/mol. The van der Waals surface area contributed by atoms with Crippen molar-refractivity contribution in [2.45, 2.75) is 9.79 Å². The van der Waals surface area contributed by atoms with E-state index in [0.717, 1.165) is 11.8 Å². The van der Waals surface area contributed by atoms with E-state index in [1.54, 1.807) is 18.2 Å². The first-order valence-corrected chi connectivity index (χ1v) is 7.61. The highest BCUT2D eigenvalue weighted by atomic mass is 79.9. The third kappa shape index (κ3) is 3.28. The fourth-order valence-electron chi connectivity index (χ4n) is 1.45. The summed E-state index contributed by atoms with van der Waals surface area (Å²) in [6, 6.07) is 7.59. The second kappa shape index (κ2) is 6.35. The van der Waals surface area contributed by atoms with Gasteiger partial charge >= 0.3 is 5.97 Å². The molecule has 0 aromatic heterocycles. The van der Waals surface area contributed by atoms with Crippen molar-refractivity contribution in [1.82, 2.24) is 0 Å². The molecule has 0 fully saturated rings. The van der Waals surface area contributed by atoms with Crippen molar-refractivity contribution in [3.63, 3.8) is 0 Å². The number of hydrogen-bond acceptors (Lipinski definition) is 2. The van der Waals surface area contributed by atoms with E-state index < -0.39 is 11.8 Å². The molecule has 0 aliphatic heterocycles. The van der Waals surface area contributed by atoms with E-state index in [0.29, 0.717) is 14.9 Å². The average molecular weight is 396 g/mol. The Hall–Kier alpha value is -0.750. The molecule has 20 heavy (non-hydrogen) atoms. The topological polar surface area (TPSA) is 37.3 Å². The highest BCUT2D eigenvalue weighted by Gasteiger charge is 2.17. The summed E-state index contributed by atoms with van der Waals surface area (Å²) in [6.07, 6.45) is 0. The summed E-state index contributed by atoms with van der Waals surface area (Å²) in [4.78, 5) is 11.7. The molecule has 0 spiro atoms. The van der Waals surface area contributed by atoms with Crippen LogP contribution in [0.4, 0.5) is 4.39 Å². The van der Waals surface area contributed by atoms with Crippen LogP contribution in [0.2, 0.25) is 10.0 Å². The van der Waals surface area contributed by atoms with Gasteiger partial charge in [0.15, 0.2) is 5.82 Å². The van der Waals surface area contributed by atoms with Gasteiger partial charge in [0.05, 0.1) is 15.1 Å². The minimum absolute atomic E-state index is 0.0897. The summed E-state index contributed by atoms with van der Waals surface area (Å²) < 4.78 is 14.0. The second-order valence-electron chi connectivity index (χ2n) is 3.72. The Labute approximate surface area is 137 Å². The Balaban J connectivity index is 2.42. The minimum atomic E-state index is -1.20. The van der Waals surface area contributed by atoms with Crippen molar-refractivity contribution in [2.24, 2.45) is 0 Å². The van der Waals surface area contributed by atoms with Crippen molar-refractivity contribution in [3.05, 3.63) is 56.2 Å². The van der Waals surface area contributed by atoms with E-state index in [9.17, 15) is 9.18 Å². The number of carboxylic acids is 1. The van der Waals surface area contributed by atoms with Gasteiger partial charge in [-0.1, -0.05) is 35.0 Å². The van der Waals surface area contributed by atoms with Crippen LogP contribution in [-0.2, 0) is 0 Å². The Morgan fingerprint density at radius 3 is 2.55 bits per heavy atom. The van der Waals surface area contributed by atoms with Gasteiger partial charge in [-0.3, -0.25) is 0 Å². The Kier molecular flexibility index (Phi) is 4.96. The quantitative estimate of drug-likeness (QED) is 0.719. The molecule has 0 unspecified atom stereocenters. The zero-order valence-corrected chi connectivity index (χ0v) is 13.6. The van der Waals surface area contributed by atoms with Gasteiger partial charge in [-0.25, -0.2) is 9.18 Å². The van der Waals surface area contributed by atoms with Crippen LogP contribution in [0.25, 0.3) is 0 Å². The molecule has 2 nitrogen and oxygen atoms in total. The van der Waals surface area contributed by atoms with E-state index in [-0.39, 0.29) is 14.9 Å². The molecule has 2 aromatic carbocycles. The normalized spacial score (nSPS) is 10.6. The third-order valence-electron chi connectivity index (χ3n) is 2.39. The maximum absolute atomic E-state index is 14.1. The summed E-state index contributed by atoms with van der Waals surface area (Å²) >= 11 is 15.9. The lowest BCUT2D eigenvalue weighted by Gasteiger charge is -2.08. The summed E-state index contributed by atoms with van der Waals surface area (Å²) in [5, 5.41) is 9.84. The van der Waals surface area contributed by atoms with E-state index in [2.05, 4.69) is 15.9 Å². The molecule has 0 atom stereocenters. The summed E-state index contributed by atoms with van der Waals surface area (Å²) in [7, 11) is 0. The molecule has 2 aromatic rings. The first kappa shape index (κ1) is 15.6. The number of rotatable bonds is 3. The predicted octanol–water partition coefficient (Wildman–Crippen LogP) is 5.74. The van der Waals surface area contributed by atoms with Crippen LogP contribution in [0.1, 0.15) is 10.4 Å². The second-order valence-corrected chi connectivity index (χ2v) is 6.44. The summed E-state index contributed by atoms with van der Waals surface area (Å²) in [6.45, 7) is 0. The number of halogens is 4. The minimum Gasteiger partial charge on any atom is -0.478 e. The lowest BCUT2D eigenvalue weighted by Crippen LogP contribution is -2.00. The lowest BCUT2D eigenvalue weighted by atomic mass is 10.2. The number of carbonyl (C=O) groups is 1. The Morgan fingerprint density at radius 2 is 1.90 bits per heavy atom. The van der Waals surface area contributed by atoms with E-state index in [1.165, 1.54) is 12.1 Å². The molecule has 7 heteroatoms. The molecule has 0 saturated heterocycles. The highest BCUT2D eigenvalue weighted by molar-refractivity contribution is 9.10. The number of benzene rings is 2. The van der Waals surface area contributed by atoms with E-state index >= 15 is 0 Å². The molecular weight excluding hydrogens is 390 g/mol. The van der Waals surface area contributed by atoms with Crippen LogP contribution >= 0.6 is 50.9 Å². The van der Waals surface area contributed by atoms with Gasteiger partial charge in [0.2, 0.25) is 0 Å². The Bertz CT molecular complexity index is 694. The number of aromatic carboxylic acids is 1. The molecule has 0 heterocycles. The van der Waals surface area contributed by atoms with Crippen LogP contribution in [0.5, 0.6) is 0 Å². The molecule has 104 valence electrons. The van der Waals surface area contributed by atoms with Gasteiger partial charge in [-0.15, -0.1) is 0 Å². The fourth-order valence-corrected chi connectivity index (χ4v) is 3.48. The van der Waals surface area contributed by atoms with Crippen molar-refractivity contribution in [2.75, 3.05) is 0 Å². The van der Waals surface area contributed by atoms with Gasteiger partial charge in [0.25, 0.3) is 0 Å². The van der Waals surface area contributed by atoms with Crippen LogP contribution in [0, 0.1) is 5.82 Å². The monoisotopic (exact) mass is 394 g/mol. The van der Waals surface area contributed by atoms with Gasteiger partial charge in [0.1, 0.15) is 0 Å². The Morgan fingerprint density at radius 1 is 1.20 bits per heavy atom. The largest absolute Gasteiger partial charge is 0.478 e. The van der Waals surface area contributed by atoms with Gasteiger partial charge < -0.3 is 5.11 Å². The first-order valence-electron chi connectivity index (χ1n) is 5.24. The van der Waals surface area contributed by atoms with Crippen molar-refractivity contribution < 1.29 is 14.3 Å². The zero-order chi connectivity index (χ0) is 14.9. The molecular formula is C13H6BrCl2FO2S. The standard InChI is InChI=1S/C13H6BrCl2FO2S/c14-11-7(13(18)19)2-4-9(12(11)17)20-10-5-6(15)1-3-8(10)16/h1-5H,(H,18,19). The van der Waals surface area contributed by atoms with Crippen LogP contribution in [0.3, 0.4) is 0 Å². The van der Waals surface area contributed by atoms with Crippen molar-refractivity contribution >= 4 is 56.9 Å². The van der Waals surface area contributed by atoms with Crippen LogP contribution in [0.15, 0.2) is 44.6 Å². The van der Waals surface area contributed by atoms with E-state index in [4.69, 9.17) is 28.3 Å². The van der Waals surface area contributed by atoms with Gasteiger partial charge in [-0.2, -0.15) is 0 Å². The third-order valence-corrected chi connectivity index (χ3v) is 4.94. The molecule has 0 amide bonds. The SMILES string of the molecule is O=C(O)c1ccc(Sc2cc(Cl)ccc2Cl)c(F)c1Br. The zero-order valence-electron chi connectivity index (χ0n) is 9.66. The molecule has 0 bridgehead atoms. The maximum Gasteiger partial charge on any atom is 0.336 e. The van der Waals surface area contributed by atoms with Crippen LogP contribution < -0.4 is 0 Å². The lowest BCUT2D eigenvalue weighted by molar-refractivity contribution is 0.0695. The molecule has 0 aliphatic rings. The van der Waals surface area contributed by atoms with Gasteiger partial charge in [-0.05, 0) is 46.3 Å². The summed E-state index contributed by atoms with van der Waals surface area (Å²) in [5.41, 5.74) is -0.135. The first-order chi connectivity index (χ1) is 9.40. The number of hydrogen-bond donors (Lipinski definition) is 1. The smallest absolute Gasteiger partial charge is 0.336 e. The van der Waals surface area contributed by atoms with Gasteiger partial charge in [0, 0.05) is 14.8 Å². The molecule has 1 N–H and O–H groups in total. The van der Waals surface area contributed by atoms with Crippen LogP contribution in [-0.4, -0.2) is 11.1 Å². The highest BCUT2D eigenvalue weighted by Crippen LogP contribution is 2.38. The molecule has 0 aliphatic carbocycles. The maximum atomic E-state index is 14.1. The fraction of sp³-hybridized carbons (Fsp3) is 0. The molecule has 0 radical (unpaired) electrons. The van der Waals surface area contributed by atoms with Crippen molar-refractivity contribution in [1.29, 1.82) is 0 Å². The molecule has 2 rings (SSSR count). The van der Waals surface area contributed by atoms with E-state index in [1.807, 2.05) is 0 Å². The summed E-state index contributed by atoms with van der Waals surface area (Å²) in [5.74, 6) is -1.85.